The van der Waals surface area contributed by atoms with Crippen LogP contribution < -0.4 is 9.47 Å². The fraction of sp³-hybridized carbons (Fsp3) is 0.240. The van der Waals surface area contributed by atoms with Gasteiger partial charge in [0.05, 0.1) is 0 Å². The lowest BCUT2D eigenvalue weighted by Gasteiger charge is -2.15. The van der Waals surface area contributed by atoms with Crippen LogP contribution in [0.15, 0.2) is 65.1 Å². The number of carbonyl (C=O) groups excluding carboxylic acids is 1. The first-order valence-electron chi connectivity index (χ1n) is 9.64. The molecule has 3 nitrogen and oxygen atoms in total. The molecule has 0 fully saturated rings. The SMILES string of the molecule is Cc1ccc(-c2ccc(OC(=O)COc3cc(C)c(Br)cc3C(C)C)cc2)cc1. The average Bonchev–Trinajstić information content (AvgIpc) is 2.69. The van der Waals surface area contributed by atoms with E-state index in [4.69, 9.17) is 9.47 Å². The molecule has 0 amide bonds. The van der Waals surface area contributed by atoms with Crippen LogP contribution in [0.4, 0.5) is 0 Å². The smallest absolute Gasteiger partial charge is 0.349 e. The summed E-state index contributed by atoms with van der Waals surface area (Å²) in [6.45, 7) is 8.11. The van der Waals surface area contributed by atoms with Crippen molar-refractivity contribution in [2.75, 3.05) is 6.61 Å². The minimum atomic E-state index is -0.427. The second kappa shape index (κ2) is 9.27. The molecule has 3 rings (SSSR count). The third kappa shape index (κ3) is 5.48. The molecular formula is C25H25BrO3. The Kier molecular flexibility index (Phi) is 6.75. The van der Waals surface area contributed by atoms with Gasteiger partial charge in [0.15, 0.2) is 6.61 Å². The zero-order chi connectivity index (χ0) is 21.0. The van der Waals surface area contributed by atoms with E-state index in [-0.39, 0.29) is 12.5 Å². The van der Waals surface area contributed by atoms with Gasteiger partial charge in [-0.25, -0.2) is 4.79 Å². The first-order valence-corrected chi connectivity index (χ1v) is 10.4. The maximum atomic E-state index is 12.3. The molecule has 0 radical (unpaired) electrons. The van der Waals surface area contributed by atoms with Gasteiger partial charge in [0.25, 0.3) is 0 Å². The molecule has 0 heterocycles. The fourth-order valence-electron chi connectivity index (χ4n) is 3.01. The number of hydrogen-bond donors (Lipinski definition) is 0. The van der Waals surface area contributed by atoms with Gasteiger partial charge in [0.1, 0.15) is 11.5 Å². The molecule has 0 unspecified atom stereocenters. The van der Waals surface area contributed by atoms with E-state index in [0.29, 0.717) is 11.5 Å². The molecule has 0 saturated carbocycles. The normalized spacial score (nSPS) is 10.8. The van der Waals surface area contributed by atoms with Crippen molar-refractivity contribution in [3.63, 3.8) is 0 Å². The van der Waals surface area contributed by atoms with Crippen molar-refractivity contribution >= 4 is 21.9 Å². The van der Waals surface area contributed by atoms with E-state index in [1.54, 1.807) is 12.1 Å². The quantitative estimate of drug-likeness (QED) is 0.303. The molecular weight excluding hydrogens is 428 g/mol. The second-order valence-electron chi connectivity index (χ2n) is 7.45. The molecule has 0 atom stereocenters. The van der Waals surface area contributed by atoms with Gasteiger partial charge in [-0.3, -0.25) is 0 Å². The van der Waals surface area contributed by atoms with Crippen LogP contribution in [0.1, 0.15) is 36.5 Å². The molecule has 0 saturated heterocycles. The molecule has 3 aromatic rings. The largest absolute Gasteiger partial charge is 0.482 e. The summed E-state index contributed by atoms with van der Waals surface area (Å²) in [5.41, 5.74) is 5.54. The molecule has 0 bridgehead atoms. The molecule has 0 aliphatic heterocycles. The molecule has 0 aliphatic rings. The third-order valence-corrected chi connectivity index (χ3v) is 5.58. The predicted molar refractivity (Wildman–Crippen MR) is 121 cm³/mol. The van der Waals surface area contributed by atoms with E-state index in [0.717, 1.165) is 26.7 Å². The highest BCUT2D eigenvalue weighted by Gasteiger charge is 2.13. The van der Waals surface area contributed by atoms with Crippen molar-refractivity contribution in [1.29, 1.82) is 0 Å². The van der Waals surface area contributed by atoms with Gasteiger partial charge in [0, 0.05) is 4.47 Å². The van der Waals surface area contributed by atoms with Crippen LogP contribution in [0.25, 0.3) is 11.1 Å². The number of hydrogen-bond acceptors (Lipinski definition) is 3. The summed E-state index contributed by atoms with van der Waals surface area (Å²) < 4.78 is 12.2. The van der Waals surface area contributed by atoms with Gasteiger partial charge in [-0.1, -0.05) is 71.7 Å². The molecule has 29 heavy (non-hydrogen) atoms. The Hall–Kier alpha value is -2.59. The Balaban J connectivity index is 1.63. The van der Waals surface area contributed by atoms with Crippen molar-refractivity contribution in [3.8, 4) is 22.6 Å². The van der Waals surface area contributed by atoms with Crippen LogP contribution in [-0.4, -0.2) is 12.6 Å². The van der Waals surface area contributed by atoms with E-state index in [1.165, 1.54) is 5.56 Å². The van der Waals surface area contributed by atoms with Crippen molar-refractivity contribution < 1.29 is 14.3 Å². The Morgan fingerprint density at radius 2 is 1.52 bits per heavy atom. The van der Waals surface area contributed by atoms with Crippen LogP contribution >= 0.6 is 15.9 Å². The zero-order valence-electron chi connectivity index (χ0n) is 17.2. The van der Waals surface area contributed by atoms with E-state index in [9.17, 15) is 4.79 Å². The maximum Gasteiger partial charge on any atom is 0.349 e. The zero-order valence-corrected chi connectivity index (χ0v) is 18.7. The predicted octanol–water partition coefficient (Wildman–Crippen LogP) is 6.84. The Morgan fingerprint density at radius 3 is 2.10 bits per heavy atom. The first kappa shape index (κ1) is 21.1. The minimum absolute atomic E-state index is 0.138. The van der Waals surface area contributed by atoms with E-state index >= 15 is 0 Å². The summed E-state index contributed by atoms with van der Waals surface area (Å²) in [7, 11) is 0. The maximum absolute atomic E-state index is 12.3. The summed E-state index contributed by atoms with van der Waals surface area (Å²) in [6, 6.07) is 19.8. The van der Waals surface area contributed by atoms with E-state index in [1.807, 2.05) is 31.2 Å². The van der Waals surface area contributed by atoms with Crippen molar-refractivity contribution in [2.24, 2.45) is 0 Å². The third-order valence-electron chi connectivity index (χ3n) is 4.73. The summed E-state index contributed by atoms with van der Waals surface area (Å²) in [5.74, 6) is 1.08. The Bertz CT molecular complexity index is 990. The standard InChI is InChI=1S/C25H25BrO3/c1-16(2)22-14-23(26)18(4)13-24(22)28-15-25(27)29-21-11-9-20(10-12-21)19-7-5-17(3)6-8-19/h5-14,16H,15H2,1-4H3. The number of rotatable bonds is 6. The number of esters is 1. The van der Waals surface area contributed by atoms with Gasteiger partial charge >= 0.3 is 5.97 Å². The van der Waals surface area contributed by atoms with Gasteiger partial charge < -0.3 is 9.47 Å². The molecule has 0 aromatic heterocycles. The monoisotopic (exact) mass is 452 g/mol. The van der Waals surface area contributed by atoms with Gasteiger partial charge in [-0.2, -0.15) is 0 Å². The van der Waals surface area contributed by atoms with Crippen LogP contribution in [0.5, 0.6) is 11.5 Å². The fourth-order valence-corrected chi connectivity index (χ4v) is 3.37. The lowest BCUT2D eigenvalue weighted by atomic mass is 10.0. The van der Waals surface area contributed by atoms with E-state index in [2.05, 4.69) is 61.0 Å². The summed E-state index contributed by atoms with van der Waals surface area (Å²) >= 11 is 3.55. The summed E-state index contributed by atoms with van der Waals surface area (Å²) in [5, 5.41) is 0. The summed E-state index contributed by atoms with van der Waals surface area (Å²) in [6.07, 6.45) is 0. The van der Waals surface area contributed by atoms with Crippen molar-refractivity contribution in [1.82, 2.24) is 0 Å². The Labute approximate surface area is 180 Å². The lowest BCUT2D eigenvalue weighted by Crippen LogP contribution is -2.18. The highest BCUT2D eigenvalue weighted by atomic mass is 79.9. The number of benzene rings is 3. The second-order valence-corrected chi connectivity index (χ2v) is 8.30. The van der Waals surface area contributed by atoms with Gasteiger partial charge in [-0.15, -0.1) is 0 Å². The molecule has 0 aliphatic carbocycles. The minimum Gasteiger partial charge on any atom is -0.482 e. The van der Waals surface area contributed by atoms with Crippen molar-refractivity contribution in [3.05, 3.63) is 81.8 Å². The van der Waals surface area contributed by atoms with Crippen LogP contribution in [0, 0.1) is 13.8 Å². The topological polar surface area (TPSA) is 35.5 Å². The number of ether oxygens (including phenoxy) is 2. The number of halogens is 1. The molecule has 0 spiro atoms. The lowest BCUT2D eigenvalue weighted by molar-refractivity contribution is -0.136. The highest BCUT2D eigenvalue weighted by molar-refractivity contribution is 9.10. The Morgan fingerprint density at radius 1 is 0.931 bits per heavy atom. The molecule has 4 heteroatoms. The average molecular weight is 453 g/mol. The van der Waals surface area contributed by atoms with Crippen LogP contribution in [0.2, 0.25) is 0 Å². The van der Waals surface area contributed by atoms with Crippen LogP contribution in [0.3, 0.4) is 0 Å². The van der Waals surface area contributed by atoms with Crippen molar-refractivity contribution in [2.45, 2.75) is 33.6 Å². The summed E-state index contributed by atoms with van der Waals surface area (Å²) in [4.78, 5) is 12.3. The first-order chi connectivity index (χ1) is 13.8. The molecule has 3 aromatic carbocycles. The molecule has 150 valence electrons. The van der Waals surface area contributed by atoms with E-state index < -0.39 is 5.97 Å². The molecule has 0 N–H and O–H groups in total. The van der Waals surface area contributed by atoms with Gasteiger partial charge in [-0.05, 0) is 66.3 Å². The van der Waals surface area contributed by atoms with Gasteiger partial charge in [0.2, 0.25) is 0 Å². The number of aryl methyl sites for hydroxylation is 2. The number of carbonyl (C=O) groups is 1. The van der Waals surface area contributed by atoms with Crippen LogP contribution in [-0.2, 0) is 4.79 Å². The highest BCUT2D eigenvalue weighted by Crippen LogP contribution is 2.32.